The number of amides is 1. The third-order valence-corrected chi connectivity index (χ3v) is 5.77. The zero-order chi connectivity index (χ0) is 23.3. The number of ether oxygens (including phenoxy) is 1. The number of rotatable bonds is 6. The van der Waals surface area contributed by atoms with Crippen molar-refractivity contribution < 1.29 is 27.5 Å². The van der Waals surface area contributed by atoms with E-state index in [1.807, 2.05) is 11.8 Å². The van der Waals surface area contributed by atoms with E-state index in [0.717, 1.165) is 36.1 Å². The molecule has 0 aromatic heterocycles. The number of nitrogens with one attached hydrogen (secondary N) is 1. The molecule has 0 aliphatic carbocycles. The lowest BCUT2D eigenvalue weighted by Gasteiger charge is -2.35. The Bertz CT molecular complexity index is 927. The molecule has 1 amide bonds. The van der Waals surface area contributed by atoms with Crippen molar-refractivity contribution >= 4 is 11.9 Å². The van der Waals surface area contributed by atoms with E-state index in [1.54, 1.807) is 24.3 Å². The van der Waals surface area contributed by atoms with Gasteiger partial charge in [-0.3, -0.25) is 9.69 Å². The highest BCUT2D eigenvalue weighted by molar-refractivity contribution is 5.89. The van der Waals surface area contributed by atoms with Gasteiger partial charge in [0.2, 0.25) is 5.91 Å². The van der Waals surface area contributed by atoms with E-state index in [1.165, 1.54) is 19.2 Å². The molecule has 1 aliphatic rings. The minimum atomic E-state index is -4.36. The topological polar surface area (TPSA) is 58.6 Å². The predicted octanol–water partition coefficient (Wildman–Crippen LogP) is 4.72. The van der Waals surface area contributed by atoms with Crippen LogP contribution in [0.1, 0.15) is 59.3 Å². The van der Waals surface area contributed by atoms with Gasteiger partial charge in [-0.2, -0.15) is 13.2 Å². The van der Waals surface area contributed by atoms with Crippen molar-refractivity contribution in [2.24, 2.45) is 0 Å². The summed E-state index contributed by atoms with van der Waals surface area (Å²) < 4.78 is 43.1. The van der Waals surface area contributed by atoms with E-state index in [0.29, 0.717) is 25.1 Å². The summed E-state index contributed by atoms with van der Waals surface area (Å²) in [4.78, 5) is 26.6. The van der Waals surface area contributed by atoms with Gasteiger partial charge in [0.1, 0.15) is 0 Å². The molecular weight excluding hydrogens is 421 g/mol. The van der Waals surface area contributed by atoms with Crippen LogP contribution < -0.4 is 5.32 Å². The number of methoxy groups -OCH3 is 1. The number of esters is 1. The van der Waals surface area contributed by atoms with Crippen molar-refractivity contribution in [2.75, 3.05) is 13.7 Å². The molecule has 172 valence electrons. The Kier molecular flexibility index (Phi) is 7.56. The second kappa shape index (κ2) is 10.2. The molecule has 1 heterocycles. The maximum atomic E-state index is 13.0. The van der Waals surface area contributed by atoms with Crippen molar-refractivity contribution in [3.05, 3.63) is 70.8 Å². The van der Waals surface area contributed by atoms with Crippen molar-refractivity contribution in [1.29, 1.82) is 0 Å². The normalized spacial score (nSPS) is 18.1. The summed E-state index contributed by atoms with van der Waals surface area (Å²) in [5.41, 5.74) is 1.35. The monoisotopic (exact) mass is 448 g/mol. The second-order valence-corrected chi connectivity index (χ2v) is 8.02. The predicted molar refractivity (Wildman–Crippen MR) is 114 cm³/mol. The van der Waals surface area contributed by atoms with Crippen LogP contribution in [-0.2, 0) is 22.3 Å². The van der Waals surface area contributed by atoms with Crippen LogP contribution in [0.15, 0.2) is 48.5 Å². The number of carbonyl (C=O) groups is 2. The first-order valence-corrected chi connectivity index (χ1v) is 10.6. The minimum Gasteiger partial charge on any atom is -0.465 e. The molecule has 2 aromatic rings. The summed E-state index contributed by atoms with van der Waals surface area (Å²) in [6.45, 7) is 2.99. The molecule has 32 heavy (non-hydrogen) atoms. The minimum absolute atomic E-state index is 0.110. The van der Waals surface area contributed by atoms with E-state index in [4.69, 9.17) is 4.74 Å². The molecule has 0 radical (unpaired) electrons. The number of carbonyl (C=O) groups excluding carboxylic acids is 2. The molecule has 1 fully saturated rings. The Labute approximate surface area is 185 Å². The molecule has 0 saturated carbocycles. The summed E-state index contributed by atoms with van der Waals surface area (Å²) >= 11 is 0. The van der Waals surface area contributed by atoms with Crippen LogP contribution in [0.25, 0.3) is 0 Å². The summed E-state index contributed by atoms with van der Waals surface area (Å²) in [7, 11) is 1.32. The van der Waals surface area contributed by atoms with Crippen molar-refractivity contribution in [3.8, 4) is 0 Å². The van der Waals surface area contributed by atoms with Crippen LogP contribution in [0.4, 0.5) is 13.2 Å². The number of nitrogens with zero attached hydrogens (tertiary/aromatic N) is 1. The third-order valence-electron chi connectivity index (χ3n) is 5.77. The molecule has 2 atom stereocenters. The van der Waals surface area contributed by atoms with Gasteiger partial charge >= 0.3 is 12.1 Å². The van der Waals surface area contributed by atoms with E-state index in [2.05, 4.69) is 5.32 Å². The molecule has 8 heteroatoms. The lowest BCUT2D eigenvalue weighted by Crippen LogP contribution is -2.49. The molecule has 0 bridgehead atoms. The van der Waals surface area contributed by atoms with Crippen LogP contribution in [-0.4, -0.2) is 36.5 Å². The van der Waals surface area contributed by atoms with Crippen molar-refractivity contribution in [2.45, 2.75) is 51.0 Å². The highest BCUT2D eigenvalue weighted by atomic mass is 19.4. The Morgan fingerprint density at radius 3 is 2.34 bits per heavy atom. The molecule has 1 saturated heterocycles. The number of alkyl halides is 3. The lowest BCUT2D eigenvalue weighted by atomic mass is 9.99. The lowest BCUT2D eigenvalue weighted by molar-refractivity contribution is -0.137. The van der Waals surface area contributed by atoms with Gasteiger partial charge in [-0.15, -0.1) is 0 Å². The smallest absolute Gasteiger partial charge is 0.416 e. The average molecular weight is 448 g/mol. The number of likely N-dealkylation sites (tertiary alicyclic amines) is 1. The maximum Gasteiger partial charge on any atom is 0.416 e. The van der Waals surface area contributed by atoms with Gasteiger partial charge in [-0.1, -0.05) is 30.7 Å². The number of halogens is 3. The first-order chi connectivity index (χ1) is 15.2. The molecule has 5 nitrogen and oxygen atoms in total. The molecule has 1 unspecified atom stereocenters. The van der Waals surface area contributed by atoms with E-state index < -0.39 is 17.7 Å². The first-order valence-electron chi connectivity index (χ1n) is 10.6. The molecule has 1 N–H and O–H groups in total. The van der Waals surface area contributed by atoms with Gasteiger partial charge < -0.3 is 10.1 Å². The highest BCUT2D eigenvalue weighted by Gasteiger charge is 2.31. The second-order valence-electron chi connectivity index (χ2n) is 8.02. The van der Waals surface area contributed by atoms with E-state index >= 15 is 0 Å². The van der Waals surface area contributed by atoms with Crippen molar-refractivity contribution in [3.63, 3.8) is 0 Å². The van der Waals surface area contributed by atoms with Crippen LogP contribution in [0, 0.1) is 0 Å². The van der Waals surface area contributed by atoms with Gasteiger partial charge in [-0.05, 0) is 61.7 Å². The molecule has 2 aromatic carbocycles. The van der Waals surface area contributed by atoms with Crippen molar-refractivity contribution in [1.82, 2.24) is 10.2 Å². The SMILES string of the molecule is COC(=O)c1ccc([C@H](C)NC(=O)C2CCCCN2Cc2ccc(C(F)(F)F)cc2)cc1. The van der Waals surface area contributed by atoms with Gasteiger partial charge in [0.15, 0.2) is 0 Å². The maximum absolute atomic E-state index is 13.0. The zero-order valence-corrected chi connectivity index (χ0v) is 18.1. The Balaban J connectivity index is 1.64. The van der Waals surface area contributed by atoms with Gasteiger partial charge in [0.25, 0.3) is 0 Å². The first kappa shape index (κ1) is 23.8. The zero-order valence-electron chi connectivity index (χ0n) is 18.1. The van der Waals surface area contributed by atoms with Gasteiger partial charge in [-0.25, -0.2) is 4.79 Å². The van der Waals surface area contributed by atoms with E-state index in [9.17, 15) is 22.8 Å². The standard InChI is InChI=1S/C24H27F3N2O3/c1-16(18-8-10-19(11-9-18)23(31)32-2)28-22(30)21-5-3-4-14-29(21)15-17-6-12-20(13-7-17)24(25,26)27/h6-13,16,21H,3-5,14-15H2,1-2H3,(H,28,30)/t16-,21?/m0/s1. The number of hydrogen-bond donors (Lipinski definition) is 1. The number of hydrogen-bond acceptors (Lipinski definition) is 4. The summed E-state index contributed by atoms with van der Waals surface area (Å²) in [5, 5.41) is 3.03. The Hall–Kier alpha value is -2.87. The average Bonchev–Trinajstić information content (AvgIpc) is 2.78. The number of piperidine rings is 1. The molecule has 3 rings (SSSR count). The fourth-order valence-electron chi connectivity index (χ4n) is 3.93. The largest absolute Gasteiger partial charge is 0.465 e. The molecular formula is C24H27F3N2O3. The number of benzene rings is 2. The molecule has 0 spiro atoms. The van der Waals surface area contributed by atoms with Crippen LogP contribution in [0.2, 0.25) is 0 Å². The van der Waals surface area contributed by atoms with E-state index in [-0.39, 0.29) is 18.0 Å². The van der Waals surface area contributed by atoms with Crippen LogP contribution in [0.3, 0.4) is 0 Å². The van der Waals surface area contributed by atoms with Gasteiger partial charge in [0.05, 0.1) is 30.3 Å². The highest BCUT2D eigenvalue weighted by Crippen LogP contribution is 2.29. The Morgan fingerprint density at radius 2 is 1.75 bits per heavy atom. The van der Waals surface area contributed by atoms with Crippen LogP contribution >= 0.6 is 0 Å². The summed E-state index contributed by atoms with van der Waals surface area (Å²) in [6, 6.07) is 11.4. The third kappa shape index (κ3) is 5.88. The Morgan fingerprint density at radius 1 is 1.09 bits per heavy atom. The van der Waals surface area contributed by atoms with Gasteiger partial charge in [0, 0.05) is 6.54 Å². The summed E-state index contributed by atoms with van der Waals surface area (Å²) in [6.07, 6.45) is -1.81. The fourth-order valence-corrected chi connectivity index (χ4v) is 3.93. The quantitative estimate of drug-likeness (QED) is 0.650. The fraction of sp³-hybridized carbons (Fsp3) is 0.417. The van der Waals surface area contributed by atoms with Crippen LogP contribution in [0.5, 0.6) is 0 Å². The molecule has 1 aliphatic heterocycles. The summed E-state index contributed by atoms with van der Waals surface area (Å²) in [5.74, 6) is -0.532.